The number of anilines is 1. The van der Waals surface area contributed by atoms with Gasteiger partial charge < -0.3 is 9.47 Å². The molecule has 0 aliphatic carbocycles. The summed E-state index contributed by atoms with van der Waals surface area (Å²) in [6.07, 6.45) is 1.81. The number of para-hydroxylation sites is 2. The number of thiazole rings is 1. The molecule has 0 atom stereocenters. The first-order valence-corrected chi connectivity index (χ1v) is 12.5. The van der Waals surface area contributed by atoms with Crippen LogP contribution >= 0.6 is 23.1 Å². The molecule has 174 valence electrons. The molecule has 8 heteroatoms. The predicted molar refractivity (Wildman–Crippen MR) is 144 cm³/mol. The van der Waals surface area contributed by atoms with Gasteiger partial charge in [-0.05, 0) is 36.0 Å². The second-order valence-electron chi connectivity index (χ2n) is 7.45. The van der Waals surface area contributed by atoms with Gasteiger partial charge in [0.25, 0.3) is 5.91 Å². The molecule has 0 saturated carbocycles. The topological polar surface area (TPSA) is 64.0 Å². The van der Waals surface area contributed by atoms with Gasteiger partial charge in [0.2, 0.25) is 5.13 Å². The number of carbonyl (C=O) groups is 1. The van der Waals surface area contributed by atoms with Gasteiger partial charge in [-0.1, -0.05) is 60.7 Å². The zero-order valence-electron chi connectivity index (χ0n) is 19.0. The average molecular weight is 500 g/mol. The number of benzene rings is 3. The average Bonchev–Trinajstić information content (AvgIpc) is 3.49. The van der Waals surface area contributed by atoms with Gasteiger partial charge in [0.1, 0.15) is 0 Å². The summed E-state index contributed by atoms with van der Waals surface area (Å²) in [7, 11) is 3.17. The van der Waals surface area contributed by atoms with Crippen LogP contribution in [0.15, 0.2) is 94.1 Å². The van der Waals surface area contributed by atoms with Crippen LogP contribution in [0.25, 0.3) is 17.3 Å². The normalized spacial score (nSPS) is 15.7. The maximum absolute atomic E-state index is 13.6. The summed E-state index contributed by atoms with van der Waals surface area (Å²) in [6.45, 7) is 0. The Bertz CT molecular complexity index is 1420. The van der Waals surface area contributed by atoms with Crippen LogP contribution in [-0.4, -0.2) is 30.3 Å². The highest BCUT2D eigenvalue weighted by molar-refractivity contribution is 8.19. The van der Waals surface area contributed by atoms with Crippen molar-refractivity contribution in [1.29, 1.82) is 0 Å². The summed E-state index contributed by atoms with van der Waals surface area (Å²) in [4.78, 5) is 25.2. The van der Waals surface area contributed by atoms with Crippen molar-refractivity contribution in [1.82, 2.24) is 4.98 Å². The number of amidine groups is 1. The molecule has 5 rings (SSSR count). The monoisotopic (exact) mass is 499 g/mol. The molecule has 6 nitrogen and oxygen atoms in total. The molecule has 1 aliphatic rings. The molecule has 1 aliphatic heterocycles. The Morgan fingerprint density at radius 2 is 1.66 bits per heavy atom. The van der Waals surface area contributed by atoms with Gasteiger partial charge in [-0.25, -0.2) is 4.98 Å². The Balaban J connectivity index is 1.55. The number of thioether (sulfide) groups is 1. The maximum Gasteiger partial charge on any atom is 0.271 e. The van der Waals surface area contributed by atoms with Crippen molar-refractivity contribution in [2.45, 2.75) is 0 Å². The quantitative estimate of drug-likeness (QED) is 0.278. The molecule has 1 saturated heterocycles. The van der Waals surface area contributed by atoms with Crippen LogP contribution in [0.4, 0.5) is 10.8 Å². The van der Waals surface area contributed by atoms with E-state index in [-0.39, 0.29) is 5.91 Å². The number of carbonyl (C=O) groups excluding carboxylic acids is 1. The van der Waals surface area contributed by atoms with Gasteiger partial charge >= 0.3 is 0 Å². The smallest absolute Gasteiger partial charge is 0.271 e. The SMILES string of the molecule is COc1cccc(/C=C2\S/C(=N/c3nc(-c4ccccc4)cs3)N(c3ccccc3)C2=O)c1OC. The molecule has 0 spiro atoms. The zero-order chi connectivity index (χ0) is 24.2. The van der Waals surface area contributed by atoms with Crippen LogP contribution in [0, 0.1) is 0 Å². The molecule has 1 fully saturated rings. The first-order valence-electron chi connectivity index (χ1n) is 10.8. The van der Waals surface area contributed by atoms with E-state index in [0.29, 0.717) is 26.7 Å². The molecule has 2 heterocycles. The fourth-order valence-electron chi connectivity index (χ4n) is 3.66. The van der Waals surface area contributed by atoms with Crippen LogP contribution < -0.4 is 14.4 Å². The minimum absolute atomic E-state index is 0.162. The van der Waals surface area contributed by atoms with Gasteiger partial charge in [-0.3, -0.25) is 9.69 Å². The molecule has 4 aromatic rings. The molecule has 0 radical (unpaired) electrons. The summed E-state index contributed by atoms with van der Waals surface area (Å²) in [5, 5.41) is 3.10. The van der Waals surface area contributed by atoms with Crippen molar-refractivity contribution in [3.05, 3.63) is 94.7 Å². The third-order valence-corrected chi connectivity index (χ3v) is 7.00. The number of methoxy groups -OCH3 is 2. The minimum atomic E-state index is -0.162. The molecule has 1 amide bonds. The summed E-state index contributed by atoms with van der Waals surface area (Å²) < 4.78 is 11.0. The van der Waals surface area contributed by atoms with Gasteiger partial charge in [0.05, 0.1) is 30.5 Å². The Hall–Kier alpha value is -3.88. The Morgan fingerprint density at radius 3 is 2.37 bits per heavy atom. The fraction of sp³-hybridized carbons (Fsp3) is 0.0741. The molecule has 1 aromatic heterocycles. The largest absolute Gasteiger partial charge is 0.493 e. The van der Waals surface area contributed by atoms with Crippen molar-refractivity contribution in [2.24, 2.45) is 4.99 Å². The lowest BCUT2D eigenvalue weighted by atomic mass is 10.1. The van der Waals surface area contributed by atoms with Crippen LogP contribution in [0.1, 0.15) is 5.56 Å². The lowest BCUT2D eigenvalue weighted by Crippen LogP contribution is -2.28. The van der Waals surface area contributed by atoms with Crippen LogP contribution in [-0.2, 0) is 4.79 Å². The highest BCUT2D eigenvalue weighted by Gasteiger charge is 2.35. The molecular formula is C27H21N3O3S2. The lowest BCUT2D eigenvalue weighted by molar-refractivity contribution is -0.113. The zero-order valence-corrected chi connectivity index (χ0v) is 20.7. The molecule has 35 heavy (non-hydrogen) atoms. The van der Waals surface area contributed by atoms with Crippen molar-refractivity contribution in [2.75, 3.05) is 19.1 Å². The Kier molecular flexibility index (Phi) is 6.65. The third kappa shape index (κ3) is 4.71. The molecule has 0 N–H and O–H groups in total. The van der Waals surface area contributed by atoms with E-state index in [0.717, 1.165) is 22.5 Å². The summed E-state index contributed by atoms with van der Waals surface area (Å²) in [6, 6.07) is 25.0. The van der Waals surface area contributed by atoms with Crippen LogP contribution in [0.2, 0.25) is 0 Å². The van der Waals surface area contributed by atoms with E-state index < -0.39 is 0 Å². The molecular weight excluding hydrogens is 478 g/mol. The lowest BCUT2D eigenvalue weighted by Gasteiger charge is -2.15. The van der Waals surface area contributed by atoms with E-state index in [1.54, 1.807) is 19.1 Å². The molecule has 3 aromatic carbocycles. The Labute approximate surface area is 211 Å². The summed E-state index contributed by atoms with van der Waals surface area (Å²) >= 11 is 2.75. The fourth-order valence-corrected chi connectivity index (χ4v) is 5.39. The van der Waals surface area contributed by atoms with Crippen molar-refractivity contribution >= 4 is 51.1 Å². The third-order valence-electron chi connectivity index (χ3n) is 5.29. The highest BCUT2D eigenvalue weighted by Crippen LogP contribution is 2.40. The number of hydrogen-bond acceptors (Lipinski definition) is 7. The number of rotatable bonds is 6. The van der Waals surface area contributed by atoms with Crippen molar-refractivity contribution in [3.8, 4) is 22.8 Å². The van der Waals surface area contributed by atoms with E-state index in [1.165, 1.54) is 23.1 Å². The first-order chi connectivity index (χ1) is 17.2. The second-order valence-corrected chi connectivity index (χ2v) is 9.29. The number of aliphatic imine (C=N–C) groups is 1. The maximum atomic E-state index is 13.6. The first kappa shape index (κ1) is 22.9. The van der Waals surface area contributed by atoms with Gasteiger partial charge in [-0.2, -0.15) is 4.99 Å². The number of aromatic nitrogens is 1. The van der Waals surface area contributed by atoms with Gasteiger partial charge in [-0.15, -0.1) is 11.3 Å². The summed E-state index contributed by atoms with van der Waals surface area (Å²) in [5.41, 5.74) is 3.37. The van der Waals surface area contributed by atoms with Crippen LogP contribution in [0.3, 0.4) is 0 Å². The van der Waals surface area contributed by atoms with E-state index in [4.69, 9.17) is 14.5 Å². The van der Waals surface area contributed by atoms with E-state index in [9.17, 15) is 4.79 Å². The molecule has 0 unspecified atom stereocenters. The van der Waals surface area contributed by atoms with Crippen molar-refractivity contribution in [3.63, 3.8) is 0 Å². The minimum Gasteiger partial charge on any atom is -0.493 e. The summed E-state index contributed by atoms with van der Waals surface area (Å²) in [5.74, 6) is 1.01. The standard InChI is InChI=1S/C27H21N3O3S2/c1-32-22-15-9-12-19(24(22)33-2)16-23-25(31)30(20-13-7-4-8-14-20)27(35-23)29-26-28-21(17-34-26)18-10-5-3-6-11-18/h3-17H,1-2H3/b23-16-,29-27+. The van der Waals surface area contributed by atoms with E-state index in [1.807, 2.05) is 90.3 Å². The number of nitrogens with zero attached hydrogens (tertiary/aromatic N) is 3. The number of hydrogen-bond donors (Lipinski definition) is 0. The number of ether oxygens (including phenoxy) is 2. The number of amides is 1. The molecule has 0 bridgehead atoms. The second kappa shape index (κ2) is 10.2. The van der Waals surface area contributed by atoms with Gasteiger partial charge in [0.15, 0.2) is 16.7 Å². The van der Waals surface area contributed by atoms with E-state index >= 15 is 0 Å². The van der Waals surface area contributed by atoms with E-state index in [2.05, 4.69) is 4.98 Å². The van der Waals surface area contributed by atoms with Crippen molar-refractivity contribution < 1.29 is 14.3 Å². The predicted octanol–water partition coefficient (Wildman–Crippen LogP) is 6.64. The van der Waals surface area contributed by atoms with Gasteiger partial charge in [0, 0.05) is 16.5 Å². The Morgan fingerprint density at radius 1 is 0.914 bits per heavy atom. The van der Waals surface area contributed by atoms with Crippen LogP contribution in [0.5, 0.6) is 11.5 Å². The highest BCUT2D eigenvalue weighted by atomic mass is 32.2.